The maximum absolute atomic E-state index is 13.1. The number of methoxy groups -OCH3 is 1. The van der Waals surface area contributed by atoms with Crippen molar-refractivity contribution >= 4 is 11.6 Å². The molecule has 14 heavy (non-hydrogen) atoms. The van der Waals surface area contributed by atoms with E-state index in [9.17, 15) is 13.2 Å². The second kappa shape index (κ2) is 4.50. The molecule has 1 aromatic rings. The van der Waals surface area contributed by atoms with Crippen molar-refractivity contribution in [3.8, 4) is 5.75 Å². The van der Waals surface area contributed by atoms with Crippen molar-refractivity contribution in [2.45, 2.75) is 12.3 Å². The number of hydrogen-bond acceptors (Lipinski definition) is 2. The standard InChI is InChI=1S/C8H7ClF3NO/c1-14-5-2-4(3-9)13-7(6(5)10)8(11)12/h2,8H,3H2,1H3. The lowest BCUT2D eigenvalue weighted by Gasteiger charge is -2.07. The summed E-state index contributed by atoms with van der Waals surface area (Å²) in [6.45, 7) is 0. The fraction of sp³-hybridized carbons (Fsp3) is 0.375. The van der Waals surface area contributed by atoms with Gasteiger partial charge in [0.05, 0.1) is 18.7 Å². The van der Waals surface area contributed by atoms with E-state index >= 15 is 0 Å². The van der Waals surface area contributed by atoms with Crippen LogP contribution in [0.5, 0.6) is 5.75 Å². The van der Waals surface area contributed by atoms with E-state index in [0.29, 0.717) is 0 Å². The molecule has 0 N–H and O–H groups in total. The number of pyridine rings is 1. The van der Waals surface area contributed by atoms with Crippen molar-refractivity contribution in [2.75, 3.05) is 7.11 Å². The number of ether oxygens (including phenoxy) is 1. The van der Waals surface area contributed by atoms with Crippen LogP contribution >= 0.6 is 11.6 Å². The van der Waals surface area contributed by atoms with Gasteiger partial charge in [0.2, 0.25) is 0 Å². The van der Waals surface area contributed by atoms with Crippen LogP contribution in [0.25, 0.3) is 0 Å². The minimum atomic E-state index is -2.98. The second-order valence-electron chi connectivity index (χ2n) is 2.45. The molecule has 78 valence electrons. The molecule has 1 aromatic heterocycles. The molecule has 0 amide bonds. The Kier molecular flexibility index (Phi) is 3.57. The molecule has 0 spiro atoms. The molecule has 0 aliphatic carbocycles. The second-order valence-corrected chi connectivity index (χ2v) is 2.72. The highest BCUT2D eigenvalue weighted by Crippen LogP contribution is 2.27. The van der Waals surface area contributed by atoms with Gasteiger partial charge in [-0.05, 0) is 0 Å². The Morgan fingerprint density at radius 2 is 2.21 bits per heavy atom. The molecule has 6 heteroatoms. The summed E-state index contributed by atoms with van der Waals surface area (Å²) in [5, 5.41) is 0. The van der Waals surface area contributed by atoms with E-state index < -0.39 is 17.9 Å². The summed E-state index contributed by atoms with van der Waals surface area (Å²) >= 11 is 5.40. The summed E-state index contributed by atoms with van der Waals surface area (Å²) in [7, 11) is 1.19. The van der Waals surface area contributed by atoms with Gasteiger partial charge in [0.25, 0.3) is 6.43 Å². The monoisotopic (exact) mass is 225 g/mol. The first kappa shape index (κ1) is 11.1. The molecule has 0 bridgehead atoms. The average molecular weight is 226 g/mol. The first-order chi connectivity index (χ1) is 6.60. The fourth-order valence-electron chi connectivity index (χ4n) is 0.939. The molecule has 0 aromatic carbocycles. The molecular formula is C8H7ClF3NO. The van der Waals surface area contributed by atoms with E-state index in [1.807, 2.05) is 0 Å². The average Bonchev–Trinajstić information content (AvgIpc) is 2.17. The van der Waals surface area contributed by atoms with Crippen molar-refractivity contribution in [3.05, 3.63) is 23.3 Å². The molecule has 1 heterocycles. The van der Waals surface area contributed by atoms with Gasteiger partial charge in [-0.2, -0.15) is 0 Å². The molecule has 0 unspecified atom stereocenters. The van der Waals surface area contributed by atoms with Gasteiger partial charge in [0.1, 0.15) is 5.69 Å². The Morgan fingerprint density at radius 3 is 2.64 bits per heavy atom. The molecule has 0 radical (unpaired) electrons. The van der Waals surface area contributed by atoms with Crippen LogP contribution in [-0.2, 0) is 5.88 Å². The quantitative estimate of drug-likeness (QED) is 0.738. The van der Waals surface area contributed by atoms with Gasteiger partial charge in [-0.25, -0.2) is 18.2 Å². The van der Waals surface area contributed by atoms with Crippen molar-refractivity contribution in [1.82, 2.24) is 4.98 Å². The zero-order valence-corrected chi connectivity index (χ0v) is 7.99. The number of halogens is 4. The Morgan fingerprint density at radius 1 is 1.57 bits per heavy atom. The lowest BCUT2D eigenvalue weighted by molar-refractivity contribution is 0.139. The number of rotatable bonds is 3. The Hall–Kier alpha value is -0.970. The predicted octanol–water partition coefficient (Wildman–Crippen LogP) is 2.91. The van der Waals surface area contributed by atoms with Crippen LogP contribution in [0.2, 0.25) is 0 Å². The maximum Gasteiger partial charge on any atom is 0.283 e. The van der Waals surface area contributed by atoms with Gasteiger partial charge in [0, 0.05) is 6.07 Å². The van der Waals surface area contributed by atoms with Crippen molar-refractivity contribution in [3.63, 3.8) is 0 Å². The minimum absolute atomic E-state index is 0.0731. The third-order valence-electron chi connectivity index (χ3n) is 1.57. The molecule has 0 saturated heterocycles. The third-order valence-corrected chi connectivity index (χ3v) is 1.84. The SMILES string of the molecule is COc1cc(CCl)nc(C(F)F)c1F. The van der Waals surface area contributed by atoms with Crippen LogP contribution in [0.15, 0.2) is 6.07 Å². The van der Waals surface area contributed by atoms with Gasteiger partial charge in [-0.3, -0.25) is 0 Å². The van der Waals surface area contributed by atoms with Crippen LogP contribution in [-0.4, -0.2) is 12.1 Å². The fourth-order valence-corrected chi connectivity index (χ4v) is 1.08. The minimum Gasteiger partial charge on any atom is -0.494 e. The van der Waals surface area contributed by atoms with Gasteiger partial charge in [0.15, 0.2) is 11.6 Å². The Bertz CT molecular complexity index is 333. The summed E-state index contributed by atoms with van der Waals surface area (Å²) in [5.41, 5.74) is -0.778. The van der Waals surface area contributed by atoms with E-state index in [-0.39, 0.29) is 17.3 Å². The van der Waals surface area contributed by atoms with E-state index in [1.165, 1.54) is 13.2 Å². The molecule has 0 aliphatic heterocycles. The summed E-state index contributed by atoms with van der Waals surface area (Å²) in [5.74, 6) is -1.49. The van der Waals surface area contributed by atoms with E-state index in [1.54, 1.807) is 0 Å². The topological polar surface area (TPSA) is 22.1 Å². The third kappa shape index (κ3) is 2.09. The molecule has 0 saturated carbocycles. The lowest BCUT2D eigenvalue weighted by Crippen LogP contribution is -2.02. The Labute approximate surface area is 83.7 Å². The summed E-state index contributed by atoms with van der Waals surface area (Å²) in [4.78, 5) is 3.36. The van der Waals surface area contributed by atoms with Crippen LogP contribution in [0.3, 0.4) is 0 Å². The summed E-state index contributed by atoms with van der Waals surface area (Å²) < 4.78 is 42.2. The van der Waals surface area contributed by atoms with Crippen LogP contribution in [0.1, 0.15) is 17.8 Å². The van der Waals surface area contributed by atoms with Gasteiger partial charge >= 0.3 is 0 Å². The largest absolute Gasteiger partial charge is 0.494 e. The molecule has 0 aliphatic rings. The Balaban J connectivity index is 3.27. The first-order valence-corrected chi connectivity index (χ1v) is 4.21. The normalized spacial score (nSPS) is 10.7. The number of nitrogens with zero attached hydrogens (tertiary/aromatic N) is 1. The van der Waals surface area contributed by atoms with E-state index in [4.69, 9.17) is 11.6 Å². The number of hydrogen-bond donors (Lipinski definition) is 0. The maximum atomic E-state index is 13.1. The first-order valence-electron chi connectivity index (χ1n) is 3.67. The van der Waals surface area contributed by atoms with E-state index in [0.717, 1.165) is 0 Å². The molecular weight excluding hydrogens is 219 g/mol. The molecule has 0 fully saturated rings. The summed E-state index contributed by atoms with van der Waals surface area (Å²) in [6.07, 6.45) is -2.98. The van der Waals surface area contributed by atoms with Gasteiger partial charge < -0.3 is 4.74 Å². The highest BCUT2D eigenvalue weighted by atomic mass is 35.5. The smallest absolute Gasteiger partial charge is 0.283 e. The summed E-state index contributed by atoms with van der Waals surface area (Å²) in [6, 6.07) is 1.19. The van der Waals surface area contributed by atoms with Crippen LogP contribution in [0.4, 0.5) is 13.2 Å². The number of alkyl halides is 3. The van der Waals surface area contributed by atoms with Gasteiger partial charge in [-0.1, -0.05) is 0 Å². The molecule has 2 nitrogen and oxygen atoms in total. The highest BCUT2D eigenvalue weighted by molar-refractivity contribution is 6.16. The van der Waals surface area contributed by atoms with Crippen molar-refractivity contribution < 1.29 is 17.9 Å². The highest BCUT2D eigenvalue weighted by Gasteiger charge is 2.20. The zero-order valence-electron chi connectivity index (χ0n) is 7.23. The van der Waals surface area contributed by atoms with Crippen LogP contribution in [0, 0.1) is 5.82 Å². The van der Waals surface area contributed by atoms with Crippen molar-refractivity contribution in [2.24, 2.45) is 0 Å². The van der Waals surface area contributed by atoms with Gasteiger partial charge in [-0.15, -0.1) is 11.6 Å². The number of aromatic nitrogens is 1. The zero-order chi connectivity index (χ0) is 10.7. The molecule has 1 rings (SSSR count). The predicted molar refractivity (Wildman–Crippen MR) is 45.3 cm³/mol. The molecule has 0 atom stereocenters. The lowest BCUT2D eigenvalue weighted by atomic mass is 10.3. The van der Waals surface area contributed by atoms with E-state index in [2.05, 4.69) is 9.72 Å². The van der Waals surface area contributed by atoms with Crippen molar-refractivity contribution in [1.29, 1.82) is 0 Å². The van der Waals surface area contributed by atoms with Crippen LogP contribution < -0.4 is 4.74 Å².